The van der Waals surface area contributed by atoms with Crippen molar-refractivity contribution in [3.63, 3.8) is 0 Å². The van der Waals surface area contributed by atoms with Crippen LogP contribution in [0.2, 0.25) is 0 Å². The lowest BCUT2D eigenvalue weighted by Crippen LogP contribution is -2.33. The van der Waals surface area contributed by atoms with E-state index in [1.54, 1.807) is 0 Å². The molecule has 0 unspecified atom stereocenters. The molecule has 0 amide bonds. The number of hydrogen-bond donors (Lipinski definition) is 2. The highest BCUT2D eigenvalue weighted by atomic mass is 16.5. The fourth-order valence-corrected chi connectivity index (χ4v) is 4.22. The average Bonchev–Trinajstić information content (AvgIpc) is 2.80. The second-order valence-corrected chi connectivity index (χ2v) is 8.51. The van der Waals surface area contributed by atoms with Gasteiger partial charge in [0, 0.05) is 32.1 Å². The first-order valence-corrected chi connectivity index (χ1v) is 11.3. The normalized spacial score (nSPS) is 18.6. The van der Waals surface area contributed by atoms with Crippen molar-refractivity contribution < 1.29 is 4.74 Å². The number of fused-ring (bicyclic) bond motifs is 1. The van der Waals surface area contributed by atoms with E-state index < -0.39 is 0 Å². The molecule has 1 heterocycles. The van der Waals surface area contributed by atoms with Crippen LogP contribution >= 0.6 is 0 Å². The molecule has 164 valence electrons. The van der Waals surface area contributed by atoms with Crippen LogP contribution in [0.4, 0.5) is 11.8 Å². The second-order valence-electron chi connectivity index (χ2n) is 8.51. The highest BCUT2D eigenvalue weighted by Gasteiger charge is 2.22. The van der Waals surface area contributed by atoms with Crippen LogP contribution in [0.25, 0.3) is 10.9 Å². The zero-order valence-electron chi connectivity index (χ0n) is 18.6. The molecule has 4 rings (SSSR count). The van der Waals surface area contributed by atoms with Crippen LogP contribution in [0.15, 0.2) is 54.6 Å². The largest absolute Gasteiger partial charge is 0.492 e. The Morgan fingerprint density at radius 1 is 0.935 bits per heavy atom. The molecule has 0 saturated heterocycles. The number of benzene rings is 2. The van der Waals surface area contributed by atoms with Crippen molar-refractivity contribution in [2.75, 3.05) is 44.0 Å². The minimum atomic E-state index is 0.439. The smallest absolute Gasteiger partial charge is 0.225 e. The van der Waals surface area contributed by atoms with Gasteiger partial charge in [-0.05, 0) is 62.4 Å². The number of nitrogens with zero attached hydrogens (tertiary/aromatic N) is 3. The molecule has 1 saturated carbocycles. The number of rotatable bonds is 9. The molecular formula is C25H33N5O. The third-order valence-corrected chi connectivity index (χ3v) is 5.91. The first kappa shape index (κ1) is 21.4. The molecule has 2 N–H and O–H groups in total. The Hall–Kier alpha value is -2.86. The molecule has 1 aromatic heterocycles. The van der Waals surface area contributed by atoms with E-state index in [9.17, 15) is 0 Å². The van der Waals surface area contributed by atoms with Crippen molar-refractivity contribution in [1.29, 1.82) is 0 Å². The Morgan fingerprint density at radius 3 is 2.45 bits per heavy atom. The van der Waals surface area contributed by atoms with E-state index in [4.69, 9.17) is 14.7 Å². The summed E-state index contributed by atoms with van der Waals surface area (Å²) in [6.07, 6.45) is 4.75. The van der Waals surface area contributed by atoms with Crippen molar-refractivity contribution in [3.8, 4) is 5.75 Å². The molecule has 0 radical (unpaired) electrons. The van der Waals surface area contributed by atoms with E-state index in [0.29, 0.717) is 12.6 Å². The molecule has 6 heteroatoms. The average molecular weight is 420 g/mol. The van der Waals surface area contributed by atoms with Gasteiger partial charge in [-0.15, -0.1) is 0 Å². The molecule has 1 aliphatic rings. The molecule has 0 bridgehead atoms. The molecule has 6 nitrogen and oxygen atoms in total. The van der Waals surface area contributed by atoms with Gasteiger partial charge in [-0.2, -0.15) is 4.98 Å². The van der Waals surface area contributed by atoms with E-state index in [1.165, 1.54) is 12.8 Å². The van der Waals surface area contributed by atoms with Gasteiger partial charge in [-0.25, -0.2) is 4.98 Å². The summed E-state index contributed by atoms with van der Waals surface area (Å²) in [4.78, 5) is 11.6. The molecule has 1 aliphatic carbocycles. The molecule has 3 aromatic rings. The quantitative estimate of drug-likeness (QED) is 0.503. The Labute approximate surface area is 185 Å². The molecule has 0 aliphatic heterocycles. The van der Waals surface area contributed by atoms with Crippen molar-refractivity contribution in [2.45, 2.75) is 31.7 Å². The Balaban J connectivity index is 1.21. The van der Waals surface area contributed by atoms with Crippen molar-refractivity contribution in [3.05, 3.63) is 54.6 Å². The maximum absolute atomic E-state index is 5.75. The minimum absolute atomic E-state index is 0.439. The lowest BCUT2D eigenvalue weighted by Gasteiger charge is -2.29. The Kier molecular flexibility index (Phi) is 7.20. The zero-order valence-corrected chi connectivity index (χ0v) is 18.6. The summed E-state index contributed by atoms with van der Waals surface area (Å²) in [7, 11) is 4.06. The number of aromatic nitrogens is 2. The predicted molar refractivity (Wildman–Crippen MR) is 128 cm³/mol. The molecular weight excluding hydrogens is 386 g/mol. The lowest BCUT2D eigenvalue weighted by atomic mass is 9.86. The van der Waals surface area contributed by atoms with E-state index in [1.807, 2.05) is 56.6 Å². The van der Waals surface area contributed by atoms with Gasteiger partial charge in [0.25, 0.3) is 0 Å². The van der Waals surface area contributed by atoms with Crippen LogP contribution in [-0.4, -0.2) is 49.8 Å². The molecule has 31 heavy (non-hydrogen) atoms. The standard InChI is InChI=1S/C25H33N5O/c1-30(2)24-22-10-6-7-11-23(22)28-25(29-24)27-20-14-12-19(13-15-20)18-26-16-17-31-21-8-4-3-5-9-21/h3-11,19-20,26H,12-18H2,1-2H3,(H,27,28,29)/t19-,20+. The third-order valence-electron chi connectivity index (χ3n) is 5.91. The first-order chi connectivity index (χ1) is 15.2. The van der Waals surface area contributed by atoms with Crippen molar-refractivity contribution in [2.24, 2.45) is 5.92 Å². The third kappa shape index (κ3) is 5.85. The topological polar surface area (TPSA) is 62.3 Å². The zero-order chi connectivity index (χ0) is 21.5. The van der Waals surface area contributed by atoms with E-state index in [-0.39, 0.29) is 0 Å². The first-order valence-electron chi connectivity index (χ1n) is 11.3. The fourth-order valence-electron chi connectivity index (χ4n) is 4.22. The Bertz CT molecular complexity index is 955. The van der Waals surface area contributed by atoms with Gasteiger partial charge in [-0.1, -0.05) is 30.3 Å². The van der Waals surface area contributed by atoms with Gasteiger partial charge in [0.2, 0.25) is 5.95 Å². The fraction of sp³-hybridized carbons (Fsp3) is 0.440. The van der Waals surface area contributed by atoms with Crippen LogP contribution in [0.1, 0.15) is 25.7 Å². The SMILES string of the molecule is CN(C)c1nc(N[C@H]2CC[C@@H](CNCCOc3ccccc3)CC2)nc2ccccc12. The number of hydrogen-bond acceptors (Lipinski definition) is 6. The maximum atomic E-state index is 5.75. The van der Waals surface area contributed by atoms with Gasteiger partial charge in [-0.3, -0.25) is 0 Å². The predicted octanol–water partition coefficient (Wildman–Crippen LogP) is 4.34. The maximum Gasteiger partial charge on any atom is 0.225 e. The second kappa shape index (κ2) is 10.4. The van der Waals surface area contributed by atoms with E-state index in [2.05, 4.69) is 27.7 Å². The van der Waals surface area contributed by atoms with Crippen LogP contribution < -0.4 is 20.3 Å². The molecule has 0 spiro atoms. The highest BCUT2D eigenvalue weighted by Crippen LogP contribution is 2.28. The monoisotopic (exact) mass is 419 g/mol. The summed E-state index contributed by atoms with van der Waals surface area (Å²) < 4.78 is 5.75. The number of ether oxygens (including phenoxy) is 1. The minimum Gasteiger partial charge on any atom is -0.492 e. The summed E-state index contributed by atoms with van der Waals surface area (Å²) in [5.74, 6) is 3.36. The number of anilines is 2. The van der Waals surface area contributed by atoms with Crippen molar-refractivity contribution >= 4 is 22.7 Å². The van der Waals surface area contributed by atoms with E-state index in [0.717, 1.165) is 60.3 Å². The summed E-state index contributed by atoms with van der Waals surface area (Å²) in [6.45, 7) is 2.64. The summed E-state index contributed by atoms with van der Waals surface area (Å²) in [6, 6.07) is 18.6. The van der Waals surface area contributed by atoms with E-state index >= 15 is 0 Å². The summed E-state index contributed by atoms with van der Waals surface area (Å²) in [5.41, 5.74) is 0.985. The van der Waals surface area contributed by atoms with Crippen LogP contribution in [0.3, 0.4) is 0 Å². The lowest BCUT2D eigenvalue weighted by molar-refractivity contribution is 0.289. The summed E-state index contributed by atoms with van der Waals surface area (Å²) in [5, 5.41) is 8.24. The molecule has 2 aromatic carbocycles. The van der Waals surface area contributed by atoms with Crippen molar-refractivity contribution in [1.82, 2.24) is 15.3 Å². The van der Waals surface area contributed by atoms with Gasteiger partial charge in [0.05, 0.1) is 5.52 Å². The van der Waals surface area contributed by atoms with Crippen LogP contribution in [-0.2, 0) is 0 Å². The van der Waals surface area contributed by atoms with Gasteiger partial charge >= 0.3 is 0 Å². The van der Waals surface area contributed by atoms with Gasteiger partial charge < -0.3 is 20.3 Å². The molecule has 0 atom stereocenters. The van der Waals surface area contributed by atoms with Crippen LogP contribution in [0.5, 0.6) is 5.75 Å². The van der Waals surface area contributed by atoms with Crippen LogP contribution in [0, 0.1) is 5.92 Å². The number of nitrogens with one attached hydrogen (secondary N) is 2. The summed E-state index contributed by atoms with van der Waals surface area (Å²) >= 11 is 0. The number of para-hydroxylation sites is 2. The Morgan fingerprint density at radius 2 is 1.68 bits per heavy atom. The van der Waals surface area contributed by atoms with Gasteiger partial charge in [0.1, 0.15) is 18.2 Å². The van der Waals surface area contributed by atoms with Gasteiger partial charge in [0.15, 0.2) is 0 Å². The highest BCUT2D eigenvalue weighted by molar-refractivity contribution is 5.90. The molecule has 1 fully saturated rings.